The number of allylic oxidation sites excluding steroid dienone is 2. The Bertz CT molecular complexity index is 161. The van der Waals surface area contributed by atoms with E-state index in [1.54, 1.807) is 6.08 Å². The molecule has 62 valence electrons. The van der Waals surface area contributed by atoms with Gasteiger partial charge in [0.05, 0.1) is 19.6 Å². The maximum absolute atomic E-state index is 10.5. The number of esters is 1. The summed E-state index contributed by atoms with van der Waals surface area (Å²) in [6.07, 6.45) is 3.79. The maximum Gasteiger partial charge on any atom is 0.308 e. The van der Waals surface area contributed by atoms with Gasteiger partial charge in [-0.3, -0.25) is 4.79 Å². The number of carbonyl (C=O) groups is 1. The first-order valence-electron chi connectivity index (χ1n) is 3.24. The second-order valence-corrected chi connectivity index (χ2v) is 1.97. The van der Waals surface area contributed by atoms with E-state index in [9.17, 15) is 4.79 Å². The fourth-order valence-electron chi connectivity index (χ4n) is 0.529. The van der Waals surface area contributed by atoms with Crippen LogP contribution in [0.2, 0.25) is 0 Å². The number of rotatable bonds is 4. The molecule has 0 saturated carbocycles. The average Bonchev–Trinajstić information content (AvgIpc) is 2.00. The lowest BCUT2D eigenvalue weighted by atomic mass is 10.2. The lowest BCUT2D eigenvalue weighted by Gasteiger charge is -2.01. The molecule has 3 nitrogen and oxygen atoms in total. The van der Waals surface area contributed by atoms with E-state index in [-0.39, 0.29) is 6.42 Å². The Kier molecular flexibility index (Phi) is 5.11. The minimum atomic E-state index is -0.777. The van der Waals surface area contributed by atoms with E-state index >= 15 is 0 Å². The quantitative estimate of drug-likeness (QED) is 0.480. The summed E-state index contributed by atoms with van der Waals surface area (Å²) in [7, 11) is 1.28. The number of methoxy groups -OCH3 is 1. The molecule has 0 aromatic heterocycles. The molecule has 0 aromatic carbocycles. The normalized spacial score (nSPS) is 12.9. The molecule has 0 aliphatic heterocycles. The molecular weight excluding hydrogens is 144 g/mol. The van der Waals surface area contributed by atoms with E-state index < -0.39 is 12.1 Å². The molecule has 0 rings (SSSR count). The molecule has 0 aliphatic carbocycles. The van der Waals surface area contributed by atoms with Crippen LogP contribution < -0.4 is 0 Å². The van der Waals surface area contributed by atoms with Crippen molar-refractivity contribution in [1.29, 1.82) is 0 Å². The molecule has 0 aliphatic rings. The summed E-state index contributed by atoms with van der Waals surface area (Å²) in [5, 5.41) is 9.05. The van der Waals surface area contributed by atoms with Crippen LogP contribution in [-0.4, -0.2) is 24.3 Å². The number of hydrogen-bond donors (Lipinski definition) is 1. The molecule has 0 spiro atoms. The number of ether oxygens (including phenoxy) is 1. The fraction of sp³-hybridized carbons (Fsp3) is 0.375. The highest BCUT2D eigenvalue weighted by Gasteiger charge is 2.05. The van der Waals surface area contributed by atoms with Crippen molar-refractivity contribution < 1.29 is 14.6 Å². The molecular formula is C8H12O3. The summed E-state index contributed by atoms with van der Waals surface area (Å²) in [5.41, 5.74) is 0. The van der Waals surface area contributed by atoms with Crippen LogP contribution in [0, 0.1) is 0 Å². The molecule has 3 heteroatoms. The Morgan fingerprint density at radius 2 is 2.45 bits per heavy atom. The van der Waals surface area contributed by atoms with Crippen LogP contribution in [0.1, 0.15) is 6.42 Å². The number of aliphatic hydroxyl groups is 1. The fourth-order valence-corrected chi connectivity index (χ4v) is 0.529. The van der Waals surface area contributed by atoms with Gasteiger partial charge < -0.3 is 9.84 Å². The number of aliphatic hydroxyl groups excluding tert-OH is 1. The summed E-state index contributed by atoms with van der Waals surface area (Å²) in [5.74, 6) is -0.425. The summed E-state index contributed by atoms with van der Waals surface area (Å²) in [4.78, 5) is 10.5. The van der Waals surface area contributed by atoms with Crippen molar-refractivity contribution in [1.82, 2.24) is 0 Å². The van der Waals surface area contributed by atoms with E-state index in [0.717, 1.165) is 0 Å². The summed E-state index contributed by atoms with van der Waals surface area (Å²) < 4.78 is 4.34. The van der Waals surface area contributed by atoms with Crippen molar-refractivity contribution in [2.45, 2.75) is 12.5 Å². The highest BCUT2D eigenvalue weighted by molar-refractivity contribution is 5.70. The predicted molar refractivity (Wildman–Crippen MR) is 42.0 cm³/mol. The van der Waals surface area contributed by atoms with E-state index in [2.05, 4.69) is 11.3 Å². The second-order valence-electron chi connectivity index (χ2n) is 1.97. The van der Waals surface area contributed by atoms with Crippen LogP contribution >= 0.6 is 0 Å². The zero-order valence-corrected chi connectivity index (χ0v) is 6.49. The van der Waals surface area contributed by atoms with Gasteiger partial charge in [0.2, 0.25) is 0 Å². The maximum atomic E-state index is 10.5. The van der Waals surface area contributed by atoms with Crippen LogP contribution in [0.5, 0.6) is 0 Å². The van der Waals surface area contributed by atoms with Crippen LogP contribution in [0.4, 0.5) is 0 Å². The number of carbonyl (C=O) groups excluding carboxylic acids is 1. The Hall–Kier alpha value is -1.09. The van der Waals surface area contributed by atoms with Gasteiger partial charge in [-0.25, -0.2) is 0 Å². The standard InChI is InChI=1S/C8H12O3/c1-3-4-5-7(9)6-8(10)11-2/h3-5,7,9H,1,6H2,2H3/b5-4+/t7-/m1/s1. The average molecular weight is 156 g/mol. The molecule has 0 bridgehead atoms. The topological polar surface area (TPSA) is 46.5 Å². The van der Waals surface area contributed by atoms with Crippen LogP contribution in [0.15, 0.2) is 24.8 Å². The Morgan fingerprint density at radius 3 is 2.91 bits per heavy atom. The van der Waals surface area contributed by atoms with Crippen molar-refractivity contribution in [3.8, 4) is 0 Å². The SMILES string of the molecule is C=C/C=C/[C@@H](O)CC(=O)OC. The Balaban J connectivity index is 3.67. The summed E-state index contributed by atoms with van der Waals surface area (Å²) >= 11 is 0. The molecule has 0 fully saturated rings. The molecule has 0 unspecified atom stereocenters. The van der Waals surface area contributed by atoms with Crippen molar-refractivity contribution >= 4 is 5.97 Å². The first-order chi connectivity index (χ1) is 5.20. The monoisotopic (exact) mass is 156 g/mol. The van der Waals surface area contributed by atoms with E-state index in [1.165, 1.54) is 19.3 Å². The van der Waals surface area contributed by atoms with Gasteiger partial charge in [0.15, 0.2) is 0 Å². The van der Waals surface area contributed by atoms with Crippen molar-refractivity contribution in [3.05, 3.63) is 24.8 Å². The van der Waals surface area contributed by atoms with Crippen molar-refractivity contribution in [2.24, 2.45) is 0 Å². The third-order valence-corrected chi connectivity index (χ3v) is 1.07. The molecule has 1 N–H and O–H groups in total. The molecule has 0 heterocycles. The second kappa shape index (κ2) is 5.68. The number of hydrogen-bond acceptors (Lipinski definition) is 3. The molecule has 1 atom stereocenters. The Morgan fingerprint density at radius 1 is 1.82 bits per heavy atom. The zero-order valence-electron chi connectivity index (χ0n) is 6.49. The van der Waals surface area contributed by atoms with Crippen molar-refractivity contribution in [3.63, 3.8) is 0 Å². The lowest BCUT2D eigenvalue weighted by Crippen LogP contribution is -2.11. The Labute approximate surface area is 66.0 Å². The highest BCUT2D eigenvalue weighted by atomic mass is 16.5. The summed E-state index contributed by atoms with van der Waals surface area (Å²) in [6, 6.07) is 0. The van der Waals surface area contributed by atoms with Gasteiger partial charge in [0.1, 0.15) is 0 Å². The highest BCUT2D eigenvalue weighted by Crippen LogP contribution is 1.95. The summed E-state index contributed by atoms with van der Waals surface area (Å²) in [6.45, 7) is 3.42. The van der Waals surface area contributed by atoms with Crippen LogP contribution in [0.25, 0.3) is 0 Å². The van der Waals surface area contributed by atoms with Crippen LogP contribution in [-0.2, 0) is 9.53 Å². The van der Waals surface area contributed by atoms with Crippen molar-refractivity contribution in [2.75, 3.05) is 7.11 Å². The zero-order chi connectivity index (χ0) is 8.69. The lowest BCUT2D eigenvalue weighted by molar-refractivity contribution is -0.142. The van der Waals surface area contributed by atoms with Gasteiger partial charge in [-0.15, -0.1) is 0 Å². The van der Waals surface area contributed by atoms with Gasteiger partial charge in [-0.1, -0.05) is 24.8 Å². The van der Waals surface area contributed by atoms with E-state index in [1.807, 2.05) is 0 Å². The smallest absolute Gasteiger partial charge is 0.308 e. The van der Waals surface area contributed by atoms with Gasteiger partial charge in [-0.2, -0.15) is 0 Å². The predicted octanol–water partition coefficient (Wildman–Crippen LogP) is 0.653. The molecule has 0 amide bonds. The van der Waals surface area contributed by atoms with Gasteiger partial charge in [0.25, 0.3) is 0 Å². The van der Waals surface area contributed by atoms with Gasteiger partial charge >= 0.3 is 5.97 Å². The third-order valence-electron chi connectivity index (χ3n) is 1.07. The minimum absolute atomic E-state index is 0.0131. The van der Waals surface area contributed by atoms with Gasteiger partial charge in [-0.05, 0) is 0 Å². The first-order valence-corrected chi connectivity index (χ1v) is 3.24. The largest absolute Gasteiger partial charge is 0.469 e. The molecule has 0 radical (unpaired) electrons. The third kappa shape index (κ3) is 5.36. The first kappa shape index (κ1) is 9.91. The van der Waals surface area contributed by atoms with E-state index in [0.29, 0.717) is 0 Å². The van der Waals surface area contributed by atoms with E-state index in [4.69, 9.17) is 5.11 Å². The molecule has 11 heavy (non-hydrogen) atoms. The molecule has 0 aromatic rings. The molecule has 0 saturated heterocycles. The van der Waals surface area contributed by atoms with Crippen LogP contribution in [0.3, 0.4) is 0 Å². The minimum Gasteiger partial charge on any atom is -0.469 e. The van der Waals surface area contributed by atoms with Gasteiger partial charge in [0, 0.05) is 0 Å².